The monoisotopic (exact) mass is 318 g/mol. The van der Waals surface area contributed by atoms with Gasteiger partial charge in [0.05, 0.1) is 11.5 Å². The lowest BCUT2D eigenvalue weighted by Crippen LogP contribution is -2.54. The molecule has 3 fully saturated rings. The lowest BCUT2D eigenvalue weighted by Gasteiger charge is -2.53. The fourth-order valence-corrected chi connectivity index (χ4v) is 6.65. The normalized spacial score (nSPS) is 51.3. The highest BCUT2D eigenvalue weighted by atomic mass is 16.6. The van der Waals surface area contributed by atoms with E-state index in [0.29, 0.717) is 23.7 Å². The molecule has 0 aromatic heterocycles. The van der Waals surface area contributed by atoms with Gasteiger partial charge in [0.25, 0.3) is 0 Å². The van der Waals surface area contributed by atoms with Crippen LogP contribution in [0.1, 0.15) is 59.8 Å². The van der Waals surface area contributed by atoms with Crippen LogP contribution in [0.2, 0.25) is 0 Å². The van der Waals surface area contributed by atoms with E-state index in [1.807, 2.05) is 0 Å². The molecule has 4 rings (SSSR count). The molecule has 7 unspecified atom stereocenters. The summed E-state index contributed by atoms with van der Waals surface area (Å²) in [5, 5.41) is 10.3. The number of carboxylic acid groups (broad SMARTS) is 1. The number of allylic oxidation sites excluding steroid dienone is 1. The molecule has 7 atom stereocenters. The minimum absolute atomic E-state index is 0.215. The van der Waals surface area contributed by atoms with E-state index in [9.17, 15) is 9.90 Å². The fraction of sp³-hybridized carbons (Fsp3) is 0.850. The van der Waals surface area contributed by atoms with Crippen LogP contribution < -0.4 is 0 Å². The molecule has 2 saturated carbocycles. The Balaban J connectivity index is 1.77. The molecule has 0 spiro atoms. The van der Waals surface area contributed by atoms with Crippen LogP contribution in [0.3, 0.4) is 0 Å². The van der Waals surface area contributed by atoms with Crippen molar-refractivity contribution in [3.63, 3.8) is 0 Å². The average molecular weight is 318 g/mol. The van der Waals surface area contributed by atoms with Crippen molar-refractivity contribution >= 4 is 5.97 Å². The van der Waals surface area contributed by atoms with Gasteiger partial charge in [-0.15, -0.1) is 0 Å². The highest BCUT2D eigenvalue weighted by molar-refractivity contribution is 5.76. The van der Waals surface area contributed by atoms with Gasteiger partial charge in [0.1, 0.15) is 6.10 Å². The molecule has 0 aromatic carbocycles. The van der Waals surface area contributed by atoms with Crippen molar-refractivity contribution in [3.05, 3.63) is 11.6 Å². The summed E-state index contributed by atoms with van der Waals surface area (Å²) in [7, 11) is 0. The molecule has 0 bridgehead atoms. The number of hydrogen-bond donors (Lipinski definition) is 1. The molecular weight excluding hydrogens is 288 g/mol. The maximum Gasteiger partial charge on any atom is 0.310 e. The Bertz CT molecular complexity index is 565. The van der Waals surface area contributed by atoms with Crippen LogP contribution in [0.25, 0.3) is 0 Å². The summed E-state index contributed by atoms with van der Waals surface area (Å²) in [4.78, 5) is 12.5. The average Bonchev–Trinajstić information content (AvgIpc) is 3.17. The zero-order valence-electron chi connectivity index (χ0n) is 14.8. The summed E-state index contributed by atoms with van der Waals surface area (Å²) in [5.74, 6) is 0.938. The highest BCUT2D eigenvalue weighted by Crippen LogP contribution is 2.68. The van der Waals surface area contributed by atoms with Crippen LogP contribution >= 0.6 is 0 Å². The molecule has 128 valence electrons. The van der Waals surface area contributed by atoms with Crippen molar-refractivity contribution in [3.8, 4) is 0 Å². The Morgan fingerprint density at radius 2 is 2.09 bits per heavy atom. The first-order chi connectivity index (χ1) is 10.8. The smallest absolute Gasteiger partial charge is 0.310 e. The maximum atomic E-state index is 12.5. The van der Waals surface area contributed by atoms with Crippen molar-refractivity contribution < 1.29 is 14.6 Å². The molecule has 23 heavy (non-hydrogen) atoms. The summed E-state index contributed by atoms with van der Waals surface area (Å²) in [5.41, 5.74) is 1.07. The van der Waals surface area contributed by atoms with Crippen molar-refractivity contribution in [1.82, 2.24) is 0 Å². The molecule has 1 N–H and O–H groups in total. The summed E-state index contributed by atoms with van der Waals surface area (Å²) in [6.07, 6.45) is 8.03. The van der Waals surface area contributed by atoms with Gasteiger partial charge in [-0.1, -0.05) is 26.8 Å². The SMILES string of the molecule is CC1=CCC2(C)CCC3(C(=O)O)C(C(C)C)CCC3C2C2OC12. The Morgan fingerprint density at radius 3 is 2.74 bits per heavy atom. The molecule has 0 aromatic rings. The highest BCUT2D eigenvalue weighted by Gasteiger charge is 2.68. The second-order valence-electron chi connectivity index (χ2n) is 9.23. The number of epoxide rings is 1. The third-order valence-electron chi connectivity index (χ3n) is 7.88. The minimum atomic E-state index is -0.535. The summed E-state index contributed by atoms with van der Waals surface area (Å²) >= 11 is 0. The zero-order chi connectivity index (χ0) is 16.6. The molecule has 3 heteroatoms. The van der Waals surface area contributed by atoms with Gasteiger partial charge in [-0.05, 0) is 73.7 Å². The van der Waals surface area contributed by atoms with E-state index < -0.39 is 11.4 Å². The first-order valence-corrected chi connectivity index (χ1v) is 9.37. The number of fused-ring (bicyclic) bond motifs is 5. The van der Waals surface area contributed by atoms with E-state index in [-0.39, 0.29) is 17.6 Å². The summed E-state index contributed by atoms with van der Waals surface area (Å²) < 4.78 is 6.07. The van der Waals surface area contributed by atoms with Crippen molar-refractivity contribution in [1.29, 1.82) is 0 Å². The first-order valence-electron chi connectivity index (χ1n) is 9.37. The van der Waals surface area contributed by atoms with E-state index in [4.69, 9.17) is 4.74 Å². The Labute approximate surface area is 139 Å². The zero-order valence-corrected chi connectivity index (χ0v) is 14.8. The van der Waals surface area contributed by atoms with Gasteiger partial charge < -0.3 is 9.84 Å². The third-order valence-corrected chi connectivity index (χ3v) is 7.88. The van der Waals surface area contributed by atoms with Crippen LogP contribution in [0.4, 0.5) is 0 Å². The van der Waals surface area contributed by atoms with Crippen LogP contribution in [0, 0.1) is 34.5 Å². The number of rotatable bonds is 2. The molecule has 3 nitrogen and oxygen atoms in total. The lowest BCUT2D eigenvalue weighted by atomic mass is 9.50. The third kappa shape index (κ3) is 1.95. The largest absolute Gasteiger partial charge is 0.481 e. The van der Waals surface area contributed by atoms with Gasteiger partial charge in [0.2, 0.25) is 0 Å². The summed E-state index contributed by atoms with van der Waals surface area (Å²) in [6.45, 7) is 8.99. The fourth-order valence-electron chi connectivity index (χ4n) is 6.65. The molecule has 0 radical (unpaired) electrons. The van der Waals surface area contributed by atoms with E-state index in [1.165, 1.54) is 5.57 Å². The van der Waals surface area contributed by atoms with Crippen molar-refractivity contribution in [2.45, 2.75) is 72.0 Å². The molecule has 1 saturated heterocycles. The van der Waals surface area contributed by atoms with Crippen molar-refractivity contribution in [2.24, 2.45) is 34.5 Å². The van der Waals surface area contributed by atoms with Gasteiger partial charge in [0.15, 0.2) is 0 Å². The standard InChI is InChI=1S/C20H30O3/c1-11(2)13-5-6-14-15-17-16(23-17)12(3)7-8-19(15,4)9-10-20(13,14)18(21)22/h7,11,13-17H,5-6,8-10H2,1-4H3,(H,21,22). The number of carboxylic acids is 1. The number of carbonyl (C=O) groups is 1. The maximum absolute atomic E-state index is 12.5. The van der Waals surface area contributed by atoms with E-state index in [0.717, 1.165) is 32.1 Å². The van der Waals surface area contributed by atoms with Crippen LogP contribution in [-0.2, 0) is 9.53 Å². The summed E-state index contributed by atoms with van der Waals surface area (Å²) in [6, 6.07) is 0. The Hall–Kier alpha value is -0.830. The van der Waals surface area contributed by atoms with Crippen molar-refractivity contribution in [2.75, 3.05) is 0 Å². The Morgan fingerprint density at radius 1 is 1.35 bits per heavy atom. The minimum Gasteiger partial charge on any atom is -0.481 e. The predicted molar refractivity (Wildman–Crippen MR) is 89.0 cm³/mol. The molecule has 3 aliphatic carbocycles. The van der Waals surface area contributed by atoms with Gasteiger partial charge in [-0.3, -0.25) is 4.79 Å². The van der Waals surface area contributed by atoms with E-state index in [1.54, 1.807) is 0 Å². The first kappa shape index (κ1) is 15.7. The molecule has 1 aliphatic heterocycles. The predicted octanol–water partition coefficient (Wildman–Crippen LogP) is 4.27. The number of aliphatic carboxylic acids is 1. The Kier molecular flexibility index (Phi) is 3.30. The number of ether oxygens (including phenoxy) is 1. The quantitative estimate of drug-likeness (QED) is 0.611. The van der Waals surface area contributed by atoms with Crippen LogP contribution in [-0.4, -0.2) is 23.3 Å². The molecule has 0 amide bonds. The van der Waals surface area contributed by atoms with Gasteiger partial charge in [-0.25, -0.2) is 0 Å². The second-order valence-corrected chi connectivity index (χ2v) is 9.23. The van der Waals surface area contributed by atoms with Gasteiger partial charge in [-0.2, -0.15) is 0 Å². The topological polar surface area (TPSA) is 49.8 Å². The van der Waals surface area contributed by atoms with Gasteiger partial charge >= 0.3 is 5.97 Å². The second kappa shape index (κ2) is 4.84. The molecular formula is C20H30O3. The van der Waals surface area contributed by atoms with E-state index >= 15 is 0 Å². The van der Waals surface area contributed by atoms with E-state index in [2.05, 4.69) is 33.8 Å². The molecule has 1 heterocycles. The number of hydrogen-bond acceptors (Lipinski definition) is 2. The molecule has 4 aliphatic rings. The lowest BCUT2D eigenvalue weighted by molar-refractivity contribution is -0.167. The van der Waals surface area contributed by atoms with Crippen LogP contribution in [0.5, 0.6) is 0 Å². The van der Waals surface area contributed by atoms with Crippen LogP contribution in [0.15, 0.2) is 11.6 Å². The van der Waals surface area contributed by atoms with Gasteiger partial charge in [0, 0.05) is 0 Å².